The van der Waals surface area contributed by atoms with Gasteiger partial charge in [0.1, 0.15) is 13.2 Å². The summed E-state index contributed by atoms with van der Waals surface area (Å²) in [6, 6.07) is 17.8. The van der Waals surface area contributed by atoms with Crippen LogP contribution >= 0.6 is 27.7 Å². The number of nitrogens with zero attached hydrogens (tertiary/aromatic N) is 2. The minimum Gasteiger partial charge on any atom is -0.493 e. The SMILES string of the molecule is COc1cc(/C=C2/SC(=O)N(CC(=O)N3CCOCC3)C2=O)cc(Br)c1OCc1ccc2ccccc2c1. The van der Waals surface area contributed by atoms with Crippen LogP contribution < -0.4 is 9.47 Å². The molecule has 0 atom stereocenters. The van der Waals surface area contributed by atoms with Gasteiger partial charge in [-0.2, -0.15) is 0 Å². The second-order valence-electron chi connectivity index (χ2n) is 8.77. The highest BCUT2D eigenvalue weighted by molar-refractivity contribution is 9.10. The van der Waals surface area contributed by atoms with Crippen LogP contribution in [0.1, 0.15) is 11.1 Å². The highest BCUT2D eigenvalue weighted by Gasteiger charge is 2.37. The summed E-state index contributed by atoms with van der Waals surface area (Å²) in [7, 11) is 1.54. The Morgan fingerprint density at radius 3 is 2.61 bits per heavy atom. The van der Waals surface area contributed by atoms with E-state index < -0.39 is 11.1 Å². The van der Waals surface area contributed by atoms with Crippen molar-refractivity contribution in [1.82, 2.24) is 9.80 Å². The summed E-state index contributed by atoms with van der Waals surface area (Å²) >= 11 is 4.37. The number of hydrogen-bond donors (Lipinski definition) is 0. The largest absolute Gasteiger partial charge is 0.493 e. The van der Waals surface area contributed by atoms with Crippen LogP contribution in [0.4, 0.5) is 4.79 Å². The molecule has 8 nitrogen and oxygen atoms in total. The number of ether oxygens (including phenoxy) is 3. The van der Waals surface area contributed by atoms with E-state index in [1.165, 1.54) is 0 Å². The van der Waals surface area contributed by atoms with Crippen LogP contribution in [-0.2, 0) is 20.9 Å². The number of carbonyl (C=O) groups excluding carboxylic acids is 3. The summed E-state index contributed by atoms with van der Waals surface area (Å²) in [4.78, 5) is 40.9. The van der Waals surface area contributed by atoms with Gasteiger partial charge in [0.2, 0.25) is 5.91 Å². The summed E-state index contributed by atoms with van der Waals surface area (Å²) in [6.45, 7) is 1.87. The van der Waals surface area contributed by atoms with Gasteiger partial charge in [0.15, 0.2) is 11.5 Å². The lowest BCUT2D eigenvalue weighted by molar-refractivity contribution is -0.139. The van der Waals surface area contributed by atoms with Crippen LogP contribution in [0.2, 0.25) is 0 Å². The Balaban J connectivity index is 1.30. The lowest BCUT2D eigenvalue weighted by Crippen LogP contribution is -2.46. The quantitative estimate of drug-likeness (QED) is 0.351. The lowest BCUT2D eigenvalue weighted by atomic mass is 10.1. The summed E-state index contributed by atoms with van der Waals surface area (Å²) in [6.07, 6.45) is 1.62. The van der Waals surface area contributed by atoms with Crippen molar-refractivity contribution in [1.29, 1.82) is 0 Å². The summed E-state index contributed by atoms with van der Waals surface area (Å²) in [5, 5.41) is 1.83. The van der Waals surface area contributed by atoms with Crippen LogP contribution in [0.25, 0.3) is 16.8 Å². The molecule has 0 aromatic heterocycles. The van der Waals surface area contributed by atoms with Crippen LogP contribution in [0.15, 0.2) is 64.0 Å². The molecule has 0 bridgehead atoms. The van der Waals surface area contributed by atoms with Gasteiger partial charge in [-0.05, 0) is 73.9 Å². The molecule has 3 amide bonds. The molecule has 0 spiro atoms. The summed E-state index contributed by atoms with van der Waals surface area (Å²) in [5.41, 5.74) is 1.67. The van der Waals surface area contributed by atoms with E-state index in [9.17, 15) is 14.4 Å². The third-order valence-electron chi connectivity index (χ3n) is 6.28. The molecule has 0 N–H and O–H groups in total. The highest BCUT2D eigenvalue weighted by Crippen LogP contribution is 2.39. The fourth-order valence-electron chi connectivity index (χ4n) is 4.28. The van der Waals surface area contributed by atoms with Gasteiger partial charge in [-0.3, -0.25) is 19.3 Å². The van der Waals surface area contributed by atoms with Gasteiger partial charge in [-0.1, -0.05) is 36.4 Å². The predicted octanol–water partition coefficient (Wildman–Crippen LogP) is 5.09. The van der Waals surface area contributed by atoms with E-state index in [1.807, 2.05) is 18.2 Å². The summed E-state index contributed by atoms with van der Waals surface area (Å²) in [5.74, 6) is 0.248. The Kier molecular flexibility index (Phi) is 8.01. The molecule has 0 radical (unpaired) electrons. The first kappa shape index (κ1) is 26.3. The number of carbonyl (C=O) groups is 3. The first-order valence-corrected chi connectivity index (χ1v) is 13.6. The highest BCUT2D eigenvalue weighted by atomic mass is 79.9. The molecular formula is C28H25BrN2O6S. The average Bonchev–Trinajstić information content (AvgIpc) is 3.19. The van der Waals surface area contributed by atoms with Crippen LogP contribution in [0, 0.1) is 0 Å². The minimum atomic E-state index is -0.492. The number of rotatable bonds is 7. The van der Waals surface area contributed by atoms with E-state index in [-0.39, 0.29) is 17.4 Å². The topological polar surface area (TPSA) is 85.4 Å². The Bertz CT molecular complexity index is 1440. The molecule has 5 rings (SSSR count). The normalized spacial score (nSPS) is 16.9. The Labute approximate surface area is 232 Å². The zero-order valence-electron chi connectivity index (χ0n) is 20.6. The fourth-order valence-corrected chi connectivity index (χ4v) is 5.70. The number of benzene rings is 3. The van der Waals surface area contributed by atoms with E-state index >= 15 is 0 Å². The van der Waals surface area contributed by atoms with Crippen molar-refractivity contribution < 1.29 is 28.6 Å². The molecular weight excluding hydrogens is 572 g/mol. The van der Waals surface area contributed by atoms with Crippen molar-refractivity contribution in [2.24, 2.45) is 0 Å². The van der Waals surface area contributed by atoms with Crippen LogP contribution in [-0.4, -0.2) is 66.8 Å². The number of morpholine rings is 1. The molecule has 0 unspecified atom stereocenters. The number of amides is 3. The molecule has 2 aliphatic heterocycles. The molecule has 0 saturated carbocycles. The third kappa shape index (κ3) is 5.72. The maximum Gasteiger partial charge on any atom is 0.294 e. The van der Waals surface area contributed by atoms with Crippen molar-refractivity contribution in [3.05, 3.63) is 75.1 Å². The molecule has 10 heteroatoms. The molecule has 3 aromatic carbocycles. The maximum atomic E-state index is 13.0. The van der Waals surface area contributed by atoms with E-state index in [1.54, 1.807) is 30.2 Å². The molecule has 2 heterocycles. The maximum absolute atomic E-state index is 13.0. The molecule has 0 aliphatic carbocycles. The van der Waals surface area contributed by atoms with Gasteiger partial charge in [0.25, 0.3) is 11.1 Å². The minimum absolute atomic E-state index is 0.239. The molecule has 38 heavy (non-hydrogen) atoms. The predicted molar refractivity (Wildman–Crippen MR) is 149 cm³/mol. The second kappa shape index (κ2) is 11.6. The first-order valence-electron chi connectivity index (χ1n) is 12.0. The van der Waals surface area contributed by atoms with Gasteiger partial charge in [-0.25, -0.2) is 0 Å². The smallest absolute Gasteiger partial charge is 0.294 e. The molecule has 2 saturated heterocycles. The van der Waals surface area contributed by atoms with Crippen molar-refractivity contribution in [3.63, 3.8) is 0 Å². The molecule has 2 fully saturated rings. The average molecular weight is 597 g/mol. The zero-order valence-corrected chi connectivity index (χ0v) is 23.0. The van der Waals surface area contributed by atoms with E-state index in [0.29, 0.717) is 54.4 Å². The number of halogens is 1. The molecule has 3 aromatic rings. The number of thioether (sulfide) groups is 1. The molecule has 2 aliphatic rings. The second-order valence-corrected chi connectivity index (χ2v) is 10.6. The number of fused-ring (bicyclic) bond motifs is 1. The Morgan fingerprint density at radius 1 is 1.08 bits per heavy atom. The van der Waals surface area contributed by atoms with Crippen LogP contribution in [0.5, 0.6) is 11.5 Å². The molecule has 196 valence electrons. The monoisotopic (exact) mass is 596 g/mol. The van der Waals surface area contributed by atoms with E-state index in [4.69, 9.17) is 14.2 Å². The Hall–Kier alpha value is -3.34. The van der Waals surface area contributed by atoms with Crippen molar-refractivity contribution in [2.45, 2.75) is 6.61 Å². The third-order valence-corrected chi connectivity index (χ3v) is 7.77. The van der Waals surface area contributed by atoms with E-state index in [2.05, 4.69) is 40.2 Å². The van der Waals surface area contributed by atoms with Crippen molar-refractivity contribution in [2.75, 3.05) is 40.0 Å². The van der Waals surface area contributed by atoms with Gasteiger partial charge < -0.3 is 19.1 Å². The number of methoxy groups -OCH3 is 1. The number of hydrogen-bond acceptors (Lipinski definition) is 7. The van der Waals surface area contributed by atoms with Gasteiger partial charge in [-0.15, -0.1) is 0 Å². The standard InChI is InChI=1S/C28H25BrN2O6S/c1-35-23-14-19(13-22(29)26(23)37-17-18-6-7-20-4-2-3-5-21(20)12-18)15-24-27(33)31(28(34)38-24)16-25(32)30-8-10-36-11-9-30/h2-7,12-15H,8-11,16-17H2,1H3/b24-15+. The first-order chi connectivity index (χ1) is 18.4. The number of imide groups is 1. The zero-order chi connectivity index (χ0) is 26.6. The Morgan fingerprint density at radius 2 is 1.84 bits per heavy atom. The van der Waals surface area contributed by atoms with Gasteiger partial charge in [0, 0.05) is 13.1 Å². The van der Waals surface area contributed by atoms with Crippen LogP contribution in [0.3, 0.4) is 0 Å². The fraction of sp³-hybridized carbons (Fsp3) is 0.250. The van der Waals surface area contributed by atoms with Crippen molar-refractivity contribution in [3.8, 4) is 11.5 Å². The lowest BCUT2D eigenvalue weighted by Gasteiger charge is -2.28. The van der Waals surface area contributed by atoms with Gasteiger partial charge >= 0.3 is 0 Å². The van der Waals surface area contributed by atoms with E-state index in [0.717, 1.165) is 33.0 Å². The van der Waals surface area contributed by atoms with Gasteiger partial charge in [0.05, 0.1) is 29.7 Å². The summed E-state index contributed by atoms with van der Waals surface area (Å²) < 4.78 is 17.6. The van der Waals surface area contributed by atoms with Crippen molar-refractivity contribution >= 4 is 61.6 Å².